The Morgan fingerprint density at radius 3 is 2.60 bits per heavy atom. The van der Waals surface area contributed by atoms with Crippen molar-refractivity contribution in [1.29, 1.82) is 0 Å². The summed E-state index contributed by atoms with van der Waals surface area (Å²) in [6.45, 7) is 4.40. The number of fused-ring (bicyclic) bond motifs is 1. The molecule has 35 heavy (non-hydrogen) atoms. The van der Waals surface area contributed by atoms with E-state index in [9.17, 15) is 14.7 Å². The van der Waals surface area contributed by atoms with Gasteiger partial charge in [0.1, 0.15) is 0 Å². The summed E-state index contributed by atoms with van der Waals surface area (Å²) < 4.78 is 12.3. The SMILES string of the molecule is CCOc1nc2c(C)ccc(C(=O)O)c2n1Cc1ccc(-c2ccccc2)c(-c2noc(=O)[nH]2)c1. The number of aromatic carboxylic acids is 1. The third-order valence-electron chi connectivity index (χ3n) is 5.77. The van der Waals surface area contributed by atoms with E-state index in [0.717, 1.165) is 22.3 Å². The summed E-state index contributed by atoms with van der Waals surface area (Å²) in [5.41, 5.74) is 5.39. The van der Waals surface area contributed by atoms with E-state index in [1.807, 2.05) is 62.4 Å². The number of carboxylic acids is 1. The molecule has 5 aromatic rings. The van der Waals surface area contributed by atoms with Gasteiger partial charge in [-0.05, 0) is 48.2 Å². The number of carbonyl (C=O) groups is 1. The van der Waals surface area contributed by atoms with E-state index in [0.29, 0.717) is 41.6 Å². The van der Waals surface area contributed by atoms with Gasteiger partial charge in [0.15, 0.2) is 5.82 Å². The lowest BCUT2D eigenvalue weighted by atomic mass is 9.97. The molecule has 0 aliphatic heterocycles. The van der Waals surface area contributed by atoms with Crippen LogP contribution in [-0.2, 0) is 6.54 Å². The van der Waals surface area contributed by atoms with Crippen molar-refractivity contribution in [2.45, 2.75) is 20.4 Å². The van der Waals surface area contributed by atoms with E-state index in [-0.39, 0.29) is 5.56 Å². The molecule has 2 aromatic heterocycles. The molecular formula is C26H22N4O5. The Bertz CT molecular complexity index is 1600. The fourth-order valence-electron chi connectivity index (χ4n) is 4.19. The number of carboxylic acid groups (broad SMARTS) is 1. The minimum Gasteiger partial charge on any atom is -0.478 e. The molecule has 0 unspecified atom stereocenters. The second kappa shape index (κ2) is 8.94. The molecule has 0 amide bonds. The molecule has 0 saturated carbocycles. The van der Waals surface area contributed by atoms with Gasteiger partial charge in [-0.2, -0.15) is 4.98 Å². The maximum Gasteiger partial charge on any atom is 0.439 e. The average Bonchev–Trinajstić information content (AvgIpc) is 3.44. The van der Waals surface area contributed by atoms with Gasteiger partial charge in [0.25, 0.3) is 6.01 Å². The summed E-state index contributed by atoms with van der Waals surface area (Å²) in [6, 6.07) is 19.2. The number of rotatable bonds is 7. The average molecular weight is 470 g/mol. The smallest absolute Gasteiger partial charge is 0.439 e. The predicted octanol–water partition coefficient (Wildman–Crippen LogP) is 4.50. The Labute approximate surface area is 199 Å². The van der Waals surface area contributed by atoms with E-state index in [1.165, 1.54) is 0 Å². The minimum atomic E-state index is -1.04. The molecule has 3 aromatic carbocycles. The summed E-state index contributed by atoms with van der Waals surface area (Å²) >= 11 is 0. The molecule has 5 rings (SSSR count). The summed E-state index contributed by atoms with van der Waals surface area (Å²) in [5.74, 6) is -1.39. The van der Waals surface area contributed by atoms with Crippen LogP contribution in [0.1, 0.15) is 28.4 Å². The third-order valence-corrected chi connectivity index (χ3v) is 5.77. The minimum absolute atomic E-state index is 0.144. The van der Waals surface area contributed by atoms with Gasteiger partial charge in [0.2, 0.25) is 0 Å². The molecule has 176 valence electrons. The predicted molar refractivity (Wildman–Crippen MR) is 130 cm³/mol. The number of imidazole rings is 1. The number of aryl methyl sites for hydroxylation is 1. The zero-order valence-corrected chi connectivity index (χ0v) is 19.1. The molecule has 0 fully saturated rings. The highest BCUT2D eigenvalue weighted by molar-refractivity contribution is 6.02. The van der Waals surface area contributed by atoms with E-state index in [1.54, 1.807) is 16.7 Å². The van der Waals surface area contributed by atoms with Gasteiger partial charge >= 0.3 is 11.7 Å². The summed E-state index contributed by atoms with van der Waals surface area (Å²) in [5, 5.41) is 13.7. The van der Waals surface area contributed by atoms with Gasteiger partial charge in [-0.15, -0.1) is 0 Å². The lowest BCUT2D eigenvalue weighted by molar-refractivity contribution is 0.0698. The summed E-state index contributed by atoms with van der Waals surface area (Å²) in [6.07, 6.45) is 0. The lowest BCUT2D eigenvalue weighted by Gasteiger charge is -2.13. The Morgan fingerprint density at radius 2 is 1.91 bits per heavy atom. The van der Waals surface area contributed by atoms with Gasteiger partial charge in [-0.3, -0.25) is 14.1 Å². The molecule has 9 heteroatoms. The largest absolute Gasteiger partial charge is 0.478 e. The maximum absolute atomic E-state index is 12.0. The Hall–Kier alpha value is -4.66. The van der Waals surface area contributed by atoms with E-state index < -0.39 is 11.7 Å². The number of aromatic nitrogens is 4. The first-order valence-corrected chi connectivity index (χ1v) is 11.1. The number of nitrogens with one attached hydrogen (secondary N) is 1. The highest BCUT2D eigenvalue weighted by Crippen LogP contribution is 2.33. The van der Waals surface area contributed by atoms with Crippen molar-refractivity contribution in [3.8, 4) is 28.5 Å². The molecule has 2 N–H and O–H groups in total. The highest BCUT2D eigenvalue weighted by Gasteiger charge is 2.21. The van der Waals surface area contributed by atoms with Gasteiger partial charge in [0.05, 0.1) is 29.7 Å². The maximum atomic E-state index is 12.0. The van der Waals surface area contributed by atoms with Crippen LogP contribution >= 0.6 is 0 Å². The molecule has 9 nitrogen and oxygen atoms in total. The summed E-state index contributed by atoms with van der Waals surface area (Å²) in [4.78, 5) is 30.9. The first-order chi connectivity index (χ1) is 17.0. The first-order valence-electron chi connectivity index (χ1n) is 11.1. The molecule has 0 aliphatic carbocycles. The van der Waals surface area contributed by atoms with Crippen LogP contribution in [0.3, 0.4) is 0 Å². The third kappa shape index (κ3) is 4.08. The van der Waals surface area contributed by atoms with Gasteiger partial charge in [0, 0.05) is 5.56 Å². The monoisotopic (exact) mass is 470 g/mol. The van der Waals surface area contributed by atoms with Crippen LogP contribution < -0.4 is 10.5 Å². The molecule has 0 aliphatic rings. The van der Waals surface area contributed by atoms with E-state index in [2.05, 4.69) is 15.1 Å². The number of H-pyrrole nitrogens is 1. The molecule has 0 bridgehead atoms. The van der Waals surface area contributed by atoms with Crippen LogP contribution in [0.5, 0.6) is 6.01 Å². The van der Waals surface area contributed by atoms with Crippen molar-refractivity contribution >= 4 is 17.0 Å². The molecule has 0 saturated heterocycles. The molecule has 0 atom stereocenters. The second-order valence-corrected chi connectivity index (χ2v) is 8.04. The molecule has 0 radical (unpaired) electrons. The fourth-order valence-corrected chi connectivity index (χ4v) is 4.19. The van der Waals surface area contributed by atoms with Crippen molar-refractivity contribution < 1.29 is 19.2 Å². The van der Waals surface area contributed by atoms with Crippen LogP contribution in [0.15, 0.2) is 70.0 Å². The standard InChI is InChI=1S/C26H22N4O5/c1-3-34-25-27-21-15(2)9-11-19(24(31)32)22(21)30(25)14-16-10-12-18(17-7-5-4-6-8-17)20(13-16)23-28-26(33)35-29-23/h4-13H,3,14H2,1-2H3,(H,31,32)(H,28,29,33). The Balaban J connectivity index is 1.69. The van der Waals surface area contributed by atoms with Gasteiger partial charge in [-0.1, -0.05) is 53.7 Å². The van der Waals surface area contributed by atoms with Crippen molar-refractivity contribution in [3.63, 3.8) is 0 Å². The first kappa shape index (κ1) is 22.1. The van der Waals surface area contributed by atoms with Crippen LogP contribution in [0, 0.1) is 6.92 Å². The lowest BCUT2D eigenvalue weighted by Crippen LogP contribution is -2.08. The van der Waals surface area contributed by atoms with Crippen molar-refractivity contribution in [2.24, 2.45) is 0 Å². The highest BCUT2D eigenvalue weighted by atomic mass is 16.5. The van der Waals surface area contributed by atoms with Crippen LogP contribution in [0.2, 0.25) is 0 Å². The van der Waals surface area contributed by atoms with Crippen LogP contribution in [-0.4, -0.2) is 37.4 Å². The number of ether oxygens (including phenoxy) is 1. The molecular weight excluding hydrogens is 448 g/mol. The van der Waals surface area contributed by atoms with E-state index in [4.69, 9.17) is 9.26 Å². The zero-order chi connectivity index (χ0) is 24.5. The fraction of sp³-hybridized carbons (Fsp3) is 0.154. The van der Waals surface area contributed by atoms with Crippen LogP contribution in [0.4, 0.5) is 0 Å². The van der Waals surface area contributed by atoms with Crippen LogP contribution in [0.25, 0.3) is 33.5 Å². The topological polar surface area (TPSA) is 123 Å². The Kier molecular flexibility index (Phi) is 5.66. The molecule has 2 heterocycles. The van der Waals surface area contributed by atoms with Crippen molar-refractivity contribution in [3.05, 3.63) is 87.9 Å². The van der Waals surface area contributed by atoms with E-state index >= 15 is 0 Å². The number of hydrogen-bond acceptors (Lipinski definition) is 6. The van der Waals surface area contributed by atoms with Gasteiger partial charge < -0.3 is 9.84 Å². The zero-order valence-electron chi connectivity index (χ0n) is 19.1. The normalized spacial score (nSPS) is 11.1. The second-order valence-electron chi connectivity index (χ2n) is 8.04. The van der Waals surface area contributed by atoms with Crippen molar-refractivity contribution in [1.82, 2.24) is 19.7 Å². The number of benzene rings is 3. The summed E-state index contributed by atoms with van der Waals surface area (Å²) in [7, 11) is 0. The number of aromatic amines is 1. The quantitative estimate of drug-likeness (QED) is 0.359. The molecule has 0 spiro atoms. The van der Waals surface area contributed by atoms with Crippen molar-refractivity contribution in [2.75, 3.05) is 6.61 Å². The Morgan fingerprint density at radius 1 is 1.11 bits per heavy atom. The van der Waals surface area contributed by atoms with Gasteiger partial charge in [-0.25, -0.2) is 9.59 Å². The number of hydrogen-bond donors (Lipinski definition) is 2. The number of nitrogens with zero attached hydrogens (tertiary/aromatic N) is 3.